The Morgan fingerprint density at radius 3 is 2.87 bits per heavy atom. The minimum atomic E-state index is -0.204. The van der Waals surface area contributed by atoms with Gasteiger partial charge < -0.3 is 15.0 Å². The van der Waals surface area contributed by atoms with Crippen molar-refractivity contribution in [2.24, 2.45) is 0 Å². The smallest absolute Gasteiger partial charge is 0.271 e. The summed E-state index contributed by atoms with van der Waals surface area (Å²) in [4.78, 5) is 24.0. The van der Waals surface area contributed by atoms with Crippen molar-refractivity contribution in [3.63, 3.8) is 0 Å². The molecule has 1 fully saturated rings. The maximum absolute atomic E-state index is 12.6. The van der Waals surface area contributed by atoms with Gasteiger partial charge in [-0.1, -0.05) is 15.9 Å². The van der Waals surface area contributed by atoms with Crippen molar-refractivity contribution in [1.82, 2.24) is 15.3 Å². The van der Waals surface area contributed by atoms with Gasteiger partial charge in [-0.2, -0.15) is 0 Å². The van der Waals surface area contributed by atoms with E-state index < -0.39 is 0 Å². The maximum Gasteiger partial charge on any atom is 0.271 e. The number of nitrogens with one attached hydrogen (secondary N) is 1. The molecule has 0 aliphatic carbocycles. The van der Waals surface area contributed by atoms with Gasteiger partial charge in [-0.25, -0.2) is 9.97 Å². The SMILES string of the molecule is COc1ccc(Br)cc1CNC(=O)c1csc(-c2ccnc(N3CCCCC3)c2)n1. The number of nitrogens with zero attached hydrogens (tertiary/aromatic N) is 3. The number of hydrogen-bond donors (Lipinski definition) is 1. The first-order valence-electron chi connectivity index (χ1n) is 9.91. The van der Waals surface area contributed by atoms with Crippen LogP contribution in [0.25, 0.3) is 10.6 Å². The van der Waals surface area contributed by atoms with Crippen molar-refractivity contribution >= 4 is 39.0 Å². The summed E-state index contributed by atoms with van der Waals surface area (Å²) in [6.07, 6.45) is 5.51. The van der Waals surface area contributed by atoms with Crippen LogP contribution in [-0.4, -0.2) is 36.1 Å². The predicted molar refractivity (Wildman–Crippen MR) is 123 cm³/mol. The lowest BCUT2D eigenvalue weighted by molar-refractivity contribution is 0.0946. The highest BCUT2D eigenvalue weighted by Crippen LogP contribution is 2.28. The Bertz CT molecular complexity index is 1030. The van der Waals surface area contributed by atoms with Crippen LogP contribution in [0.3, 0.4) is 0 Å². The summed E-state index contributed by atoms with van der Waals surface area (Å²) >= 11 is 4.92. The fourth-order valence-corrected chi connectivity index (χ4v) is 4.71. The topological polar surface area (TPSA) is 67.3 Å². The van der Waals surface area contributed by atoms with E-state index in [1.807, 2.05) is 30.5 Å². The lowest BCUT2D eigenvalue weighted by atomic mass is 10.1. The number of thiazole rings is 1. The molecule has 8 heteroatoms. The maximum atomic E-state index is 12.6. The van der Waals surface area contributed by atoms with Gasteiger partial charge in [-0.15, -0.1) is 11.3 Å². The van der Waals surface area contributed by atoms with Gasteiger partial charge in [0.2, 0.25) is 0 Å². The lowest BCUT2D eigenvalue weighted by Crippen LogP contribution is -2.30. The van der Waals surface area contributed by atoms with Crippen LogP contribution < -0.4 is 15.0 Å². The van der Waals surface area contributed by atoms with Crippen LogP contribution in [0.2, 0.25) is 0 Å². The average Bonchev–Trinajstić information content (AvgIpc) is 3.29. The molecule has 0 spiro atoms. The zero-order valence-corrected chi connectivity index (χ0v) is 19.1. The van der Waals surface area contributed by atoms with Crippen LogP contribution in [-0.2, 0) is 6.54 Å². The molecule has 0 bridgehead atoms. The quantitative estimate of drug-likeness (QED) is 0.536. The second-order valence-corrected chi connectivity index (χ2v) is 8.90. The molecule has 0 saturated carbocycles. The molecule has 3 heterocycles. The van der Waals surface area contributed by atoms with E-state index in [0.29, 0.717) is 12.2 Å². The van der Waals surface area contributed by atoms with E-state index in [1.54, 1.807) is 12.5 Å². The van der Waals surface area contributed by atoms with Gasteiger partial charge in [-0.05, 0) is 49.6 Å². The molecule has 0 atom stereocenters. The van der Waals surface area contributed by atoms with Gasteiger partial charge in [0.05, 0.1) is 7.11 Å². The molecule has 1 amide bonds. The van der Waals surface area contributed by atoms with Gasteiger partial charge in [-0.3, -0.25) is 4.79 Å². The number of carbonyl (C=O) groups excluding carboxylic acids is 1. The number of pyridine rings is 1. The summed E-state index contributed by atoms with van der Waals surface area (Å²) in [6.45, 7) is 2.45. The number of amides is 1. The van der Waals surface area contributed by atoms with Crippen LogP contribution in [0, 0.1) is 0 Å². The van der Waals surface area contributed by atoms with E-state index in [0.717, 1.165) is 45.3 Å². The summed E-state index contributed by atoms with van der Waals surface area (Å²) in [6, 6.07) is 9.73. The Labute approximate surface area is 188 Å². The molecule has 1 saturated heterocycles. The van der Waals surface area contributed by atoms with Crippen molar-refractivity contribution in [1.29, 1.82) is 0 Å². The monoisotopic (exact) mass is 486 g/mol. The zero-order chi connectivity index (χ0) is 20.9. The summed E-state index contributed by atoms with van der Waals surface area (Å²) in [5.74, 6) is 1.51. The number of ether oxygens (including phenoxy) is 1. The second-order valence-electron chi connectivity index (χ2n) is 7.13. The van der Waals surface area contributed by atoms with E-state index in [-0.39, 0.29) is 5.91 Å². The number of methoxy groups -OCH3 is 1. The van der Waals surface area contributed by atoms with Crippen molar-refractivity contribution in [3.8, 4) is 16.3 Å². The van der Waals surface area contributed by atoms with E-state index in [9.17, 15) is 4.79 Å². The number of benzene rings is 1. The van der Waals surface area contributed by atoms with E-state index in [4.69, 9.17) is 4.74 Å². The second kappa shape index (κ2) is 9.57. The molecule has 0 radical (unpaired) electrons. The molecule has 4 rings (SSSR count). The van der Waals surface area contributed by atoms with Crippen LogP contribution >= 0.6 is 27.3 Å². The van der Waals surface area contributed by atoms with E-state index in [1.165, 1.54) is 30.6 Å². The summed E-state index contributed by atoms with van der Waals surface area (Å²) < 4.78 is 6.30. The molecule has 156 valence electrons. The molecule has 1 aliphatic rings. The number of anilines is 1. The molecule has 0 unspecified atom stereocenters. The van der Waals surface area contributed by atoms with E-state index in [2.05, 4.69) is 42.2 Å². The third kappa shape index (κ3) is 4.82. The fraction of sp³-hybridized carbons (Fsp3) is 0.318. The summed E-state index contributed by atoms with van der Waals surface area (Å²) in [5, 5.41) is 5.54. The molecule has 30 heavy (non-hydrogen) atoms. The van der Waals surface area contributed by atoms with E-state index >= 15 is 0 Å². The number of carbonyl (C=O) groups is 1. The van der Waals surface area contributed by atoms with Crippen LogP contribution in [0.4, 0.5) is 5.82 Å². The molecule has 1 aromatic carbocycles. The molecule has 6 nitrogen and oxygen atoms in total. The molecule has 1 N–H and O–H groups in total. The third-order valence-electron chi connectivity index (χ3n) is 5.09. The van der Waals surface area contributed by atoms with Crippen molar-refractivity contribution in [2.75, 3.05) is 25.1 Å². The van der Waals surface area contributed by atoms with Crippen molar-refractivity contribution in [3.05, 3.63) is 57.6 Å². The first-order chi connectivity index (χ1) is 14.6. The third-order valence-corrected chi connectivity index (χ3v) is 6.48. The highest BCUT2D eigenvalue weighted by molar-refractivity contribution is 9.10. The van der Waals surface area contributed by atoms with Crippen molar-refractivity contribution in [2.45, 2.75) is 25.8 Å². The van der Waals surface area contributed by atoms with Gasteiger partial charge in [0.25, 0.3) is 5.91 Å². The van der Waals surface area contributed by atoms with Crippen molar-refractivity contribution < 1.29 is 9.53 Å². The minimum Gasteiger partial charge on any atom is -0.496 e. The minimum absolute atomic E-state index is 0.204. The average molecular weight is 487 g/mol. The largest absolute Gasteiger partial charge is 0.496 e. The normalized spacial score (nSPS) is 13.9. The molecular weight excluding hydrogens is 464 g/mol. The first-order valence-corrected chi connectivity index (χ1v) is 11.6. The molecule has 1 aliphatic heterocycles. The number of aromatic nitrogens is 2. The number of rotatable bonds is 6. The highest BCUT2D eigenvalue weighted by Gasteiger charge is 2.16. The molecule has 2 aromatic heterocycles. The number of hydrogen-bond acceptors (Lipinski definition) is 6. The van der Waals surface area contributed by atoms with Gasteiger partial charge in [0, 0.05) is 46.8 Å². The Hall–Kier alpha value is -2.45. The standard InChI is InChI=1S/C22H23BrN4O2S/c1-29-19-6-5-17(23)11-16(19)13-25-21(28)18-14-30-22(26-18)15-7-8-24-20(12-15)27-9-3-2-4-10-27/h5-8,11-12,14H,2-4,9-10,13H2,1H3,(H,25,28). The highest BCUT2D eigenvalue weighted by atomic mass is 79.9. The Morgan fingerprint density at radius 1 is 1.23 bits per heavy atom. The number of piperidine rings is 1. The Kier molecular flexibility index (Phi) is 6.64. The zero-order valence-electron chi connectivity index (χ0n) is 16.7. The number of halogens is 1. The first kappa shape index (κ1) is 20.8. The lowest BCUT2D eigenvalue weighted by Gasteiger charge is -2.27. The summed E-state index contributed by atoms with van der Waals surface area (Å²) in [5.41, 5.74) is 2.31. The Balaban J connectivity index is 1.45. The summed E-state index contributed by atoms with van der Waals surface area (Å²) in [7, 11) is 1.62. The fourth-order valence-electron chi connectivity index (χ4n) is 3.51. The van der Waals surface area contributed by atoms with Crippen LogP contribution in [0.15, 0.2) is 46.4 Å². The van der Waals surface area contributed by atoms with Crippen LogP contribution in [0.5, 0.6) is 5.75 Å². The van der Waals surface area contributed by atoms with Gasteiger partial charge in [0.15, 0.2) is 0 Å². The molecule has 3 aromatic rings. The van der Waals surface area contributed by atoms with Crippen LogP contribution in [0.1, 0.15) is 35.3 Å². The molecular formula is C22H23BrN4O2S. The predicted octanol–water partition coefficient (Wildman–Crippen LogP) is 4.90. The Morgan fingerprint density at radius 2 is 2.07 bits per heavy atom. The van der Waals surface area contributed by atoms with Gasteiger partial charge >= 0.3 is 0 Å². The van der Waals surface area contributed by atoms with Gasteiger partial charge in [0.1, 0.15) is 22.3 Å².